The third-order valence-electron chi connectivity index (χ3n) is 4.99. The Morgan fingerprint density at radius 1 is 1.15 bits per heavy atom. The number of allylic oxidation sites excluding steroid dienone is 1. The third-order valence-corrected chi connectivity index (χ3v) is 5.91. The summed E-state index contributed by atoms with van der Waals surface area (Å²) in [6, 6.07) is 14.7. The second-order valence-electron chi connectivity index (χ2n) is 6.73. The van der Waals surface area contributed by atoms with Gasteiger partial charge in [-0.1, -0.05) is 30.3 Å². The van der Waals surface area contributed by atoms with Gasteiger partial charge in [-0.25, -0.2) is 9.59 Å². The lowest BCUT2D eigenvalue weighted by Crippen LogP contribution is -2.40. The Bertz CT molecular complexity index is 1250. The average molecular weight is 560 g/mol. The molecule has 0 aliphatic carbocycles. The molecular weight excluding hydrogens is 543 g/mol. The van der Waals surface area contributed by atoms with Crippen LogP contribution in [0.2, 0.25) is 0 Å². The van der Waals surface area contributed by atoms with Gasteiger partial charge in [0, 0.05) is 6.07 Å². The summed E-state index contributed by atoms with van der Waals surface area (Å²) in [5.74, 6) is -3.00. The Morgan fingerprint density at radius 3 is 2.33 bits per heavy atom. The number of halogens is 1. The molecule has 2 aromatic carbocycles. The fourth-order valence-corrected chi connectivity index (χ4v) is 4.09. The van der Waals surface area contributed by atoms with Crippen molar-refractivity contribution in [2.75, 3.05) is 19.1 Å². The number of carbonyl (C=O) groups is 2. The maximum Gasteiger partial charge on any atom is 0.355 e. The summed E-state index contributed by atoms with van der Waals surface area (Å²) in [7, 11) is 2.26. The summed E-state index contributed by atoms with van der Waals surface area (Å²) in [5.41, 5.74) is 6.23. The van der Waals surface area contributed by atoms with E-state index in [4.69, 9.17) is 15.2 Å². The van der Waals surface area contributed by atoms with Crippen LogP contribution in [-0.2, 0) is 19.1 Å². The number of hydrogen-bond donors (Lipinski definition) is 1. The van der Waals surface area contributed by atoms with Crippen molar-refractivity contribution in [3.8, 4) is 6.07 Å². The predicted octanol–water partition coefficient (Wildman–Crippen LogP) is 3.10. The van der Waals surface area contributed by atoms with Crippen molar-refractivity contribution in [1.29, 1.82) is 5.26 Å². The molecule has 11 heteroatoms. The molecule has 3 rings (SSSR count). The molecule has 0 fully saturated rings. The van der Waals surface area contributed by atoms with Gasteiger partial charge in [0.15, 0.2) is 0 Å². The summed E-state index contributed by atoms with van der Waals surface area (Å²) in [6.45, 7) is 0. The Balaban J connectivity index is 2.43. The van der Waals surface area contributed by atoms with E-state index in [2.05, 4.69) is 0 Å². The van der Waals surface area contributed by atoms with Crippen molar-refractivity contribution < 1.29 is 24.0 Å². The summed E-state index contributed by atoms with van der Waals surface area (Å²) in [5, 5.41) is 21.5. The molecule has 2 N–H and O–H groups in total. The van der Waals surface area contributed by atoms with Crippen LogP contribution in [0.3, 0.4) is 0 Å². The summed E-state index contributed by atoms with van der Waals surface area (Å²) < 4.78 is 10.2. The predicted molar refractivity (Wildman–Crippen MR) is 125 cm³/mol. The van der Waals surface area contributed by atoms with Crippen molar-refractivity contribution in [3.05, 3.63) is 90.4 Å². The molecule has 0 saturated heterocycles. The van der Waals surface area contributed by atoms with Crippen molar-refractivity contribution in [2.24, 2.45) is 5.73 Å². The molecule has 33 heavy (non-hydrogen) atoms. The van der Waals surface area contributed by atoms with Gasteiger partial charge in [0.25, 0.3) is 5.69 Å². The lowest BCUT2D eigenvalue weighted by Gasteiger charge is -2.35. The highest BCUT2D eigenvalue weighted by Gasteiger charge is 2.43. The summed E-state index contributed by atoms with van der Waals surface area (Å²) >= 11 is 1.80. The molecule has 1 atom stereocenters. The van der Waals surface area contributed by atoms with Crippen LogP contribution in [0.15, 0.2) is 71.2 Å². The van der Waals surface area contributed by atoms with Crippen LogP contribution in [0, 0.1) is 25.0 Å². The van der Waals surface area contributed by atoms with E-state index in [1.54, 1.807) is 52.9 Å². The summed E-state index contributed by atoms with van der Waals surface area (Å²) in [4.78, 5) is 37.9. The number of anilines is 1. The van der Waals surface area contributed by atoms with Crippen molar-refractivity contribution >= 4 is 45.9 Å². The molecular formula is C22H17IN4O6. The first-order valence-electron chi connectivity index (χ1n) is 9.36. The first-order chi connectivity index (χ1) is 15.8. The second kappa shape index (κ2) is 9.70. The van der Waals surface area contributed by atoms with Crippen LogP contribution in [0.25, 0.3) is 0 Å². The van der Waals surface area contributed by atoms with E-state index in [0.29, 0.717) is 9.13 Å². The lowest BCUT2D eigenvalue weighted by atomic mass is 9.81. The number of nitro benzene ring substituents is 1. The molecule has 10 nitrogen and oxygen atoms in total. The zero-order chi connectivity index (χ0) is 24.3. The van der Waals surface area contributed by atoms with E-state index in [1.807, 2.05) is 6.07 Å². The zero-order valence-electron chi connectivity index (χ0n) is 17.4. The van der Waals surface area contributed by atoms with Crippen LogP contribution in [0.4, 0.5) is 11.4 Å². The third kappa shape index (κ3) is 4.24. The first-order valence-corrected chi connectivity index (χ1v) is 10.4. The molecule has 0 bridgehead atoms. The van der Waals surface area contributed by atoms with Crippen LogP contribution in [0.1, 0.15) is 11.5 Å². The minimum atomic E-state index is -1.02. The molecule has 1 heterocycles. The van der Waals surface area contributed by atoms with Crippen LogP contribution >= 0.6 is 22.6 Å². The van der Waals surface area contributed by atoms with Crippen LogP contribution in [0.5, 0.6) is 0 Å². The van der Waals surface area contributed by atoms with E-state index in [1.165, 1.54) is 18.2 Å². The van der Waals surface area contributed by atoms with Crippen molar-refractivity contribution in [2.45, 2.75) is 5.92 Å². The van der Waals surface area contributed by atoms with Crippen molar-refractivity contribution in [1.82, 2.24) is 0 Å². The monoisotopic (exact) mass is 560 g/mol. The lowest BCUT2D eigenvalue weighted by molar-refractivity contribution is -0.385. The summed E-state index contributed by atoms with van der Waals surface area (Å²) in [6.07, 6.45) is 0. The minimum Gasteiger partial charge on any atom is -0.466 e. The van der Waals surface area contributed by atoms with E-state index in [-0.39, 0.29) is 34.0 Å². The number of esters is 2. The molecule has 1 aliphatic heterocycles. The molecule has 0 spiro atoms. The highest BCUT2D eigenvalue weighted by molar-refractivity contribution is 14.1. The van der Waals surface area contributed by atoms with E-state index in [0.717, 1.165) is 19.1 Å². The highest BCUT2D eigenvalue weighted by Crippen LogP contribution is 2.43. The largest absolute Gasteiger partial charge is 0.466 e. The smallest absolute Gasteiger partial charge is 0.355 e. The van der Waals surface area contributed by atoms with Gasteiger partial charge in [-0.3, -0.25) is 15.0 Å². The molecule has 0 amide bonds. The molecule has 0 saturated carbocycles. The van der Waals surface area contributed by atoms with Crippen LogP contribution in [-0.4, -0.2) is 31.1 Å². The second-order valence-corrected chi connectivity index (χ2v) is 7.89. The Kier molecular flexibility index (Phi) is 6.98. The number of carbonyl (C=O) groups excluding carboxylic acids is 2. The fraction of sp³-hybridized carbons (Fsp3) is 0.136. The van der Waals surface area contributed by atoms with Gasteiger partial charge in [-0.15, -0.1) is 0 Å². The zero-order valence-corrected chi connectivity index (χ0v) is 19.6. The Hall–Kier alpha value is -3.92. The molecule has 0 aromatic heterocycles. The first kappa shape index (κ1) is 23.7. The molecule has 1 aliphatic rings. The number of hydrogen-bond acceptors (Lipinski definition) is 9. The highest BCUT2D eigenvalue weighted by atomic mass is 127. The molecule has 168 valence electrons. The van der Waals surface area contributed by atoms with E-state index < -0.39 is 22.8 Å². The van der Waals surface area contributed by atoms with E-state index in [9.17, 15) is 25.0 Å². The van der Waals surface area contributed by atoms with Gasteiger partial charge in [0.2, 0.25) is 0 Å². The van der Waals surface area contributed by atoms with E-state index >= 15 is 0 Å². The number of nitriles is 1. The van der Waals surface area contributed by atoms with Gasteiger partial charge in [-0.2, -0.15) is 5.26 Å². The topological polar surface area (TPSA) is 149 Å². The number of methoxy groups -OCH3 is 2. The minimum absolute atomic E-state index is 0.0320. The van der Waals surface area contributed by atoms with Gasteiger partial charge in [0.05, 0.1) is 51.5 Å². The SMILES string of the molecule is COC(=O)C1=C(C(=O)OC)N(c2ccc(I)c([N+](=O)[O-])c2)C(N)=C(C#N)C1c1ccccc1. The number of rotatable bonds is 5. The molecule has 0 radical (unpaired) electrons. The van der Waals surface area contributed by atoms with Crippen molar-refractivity contribution in [3.63, 3.8) is 0 Å². The maximum atomic E-state index is 13.0. The fourth-order valence-electron chi connectivity index (χ4n) is 3.56. The molecule has 1 unspecified atom stereocenters. The number of ether oxygens (including phenoxy) is 2. The van der Waals surface area contributed by atoms with Crippen LogP contribution < -0.4 is 10.6 Å². The normalized spacial score (nSPS) is 15.7. The average Bonchev–Trinajstić information content (AvgIpc) is 2.83. The Morgan fingerprint density at radius 2 is 1.79 bits per heavy atom. The quantitative estimate of drug-likeness (QED) is 0.252. The number of benzene rings is 2. The number of nitrogens with zero attached hydrogens (tertiary/aromatic N) is 3. The maximum absolute atomic E-state index is 13.0. The van der Waals surface area contributed by atoms with Gasteiger partial charge >= 0.3 is 11.9 Å². The van der Waals surface area contributed by atoms with Gasteiger partial charge in [-0.05, 0) is 40.3 Å². The Labute approximate surface area is 202 Å². The molecule has 2 aromatic rings. The standard InChI is InChI=1S/C22H17IN4O6/c1-32-21(28)18-17(12-6-4-3-5-7-12)14(11-24)20(25)26(19(18)22(29)33-2)13-8-9-15(23)16(10-13)27(30)31/h3-10,17H,25H2,1-2H3. The number of nitrogens with two attached hydrogens (primary N) is 1. The van der Waals surface area contributed by atoms with Gasteiger partial charge < -0.3 is 15.2 Å². The number of nitro groups is 1. The van der Waals surface area contributed by atoms with Gasteiger partial charge in [0.1, 0.15) is 11.5 Å².